The van der Waals surface area contributed by atoms with Crippen molar-refractivity contribution in [2.24, 2.45) is 0 Å². The van der Waals surface area contributed by atoms with Gasteiger partial charge in [0.05, 0.1) is 10.5 Å². The van der Waals surface area contributed by atoms with E-state index in [1.165, 1.54) is 6.07 Å². The van der Waals surface area contributed by atoms with Crippen LogP contribution in [0.15, 0.2) is 46.9 Å². The van der Waals surface area contributed by atoms with E-state index >= 15 is 0 Å². The SMILES string of the molecule is CNC(c1ccc(Cl)cc1)c1ccc(F)c(Br)c1. The van der Waals surface area contributed by atoms with Crippen LogP contribution in [0.1, 0.15) is 17.2 Å². The van der Waals surface area contributed by atoms with Gasteiger partial charge >= 0.3 is 0 Å². The van der Waals surface area contributed by atoms with Gasteiger partial charge in [-0.3, -0.25) is 0 Å². The standard InChI is InChI=1S/C14H12BrClFN/c1-18-14(9-2-5-11(16)6-3-9)10-4-7-13(17)12(15)8-10/h2-8,14,18H,1H3. The van der Waals surface area contributed by atoms with Crippen LogP contribution in [-0.4, -0.2) is 7.05 Å². The highest BCUT2D eigenvalue weighted by Crippen LogP contribution is 2.26. The summed E-state index contributed by atoms with van der Waals surface area (Å²) in [7, 11) is 1.87. The molecule has 0 aromatic heterocycles. The molecule has 2 rings (SSSR count). The van der Waals surface area contributed by atoms with Gasteiger partial charge in [-0.15, -0.1) is 0 Å². The highest BCUT2D eigenvalue weighted by atomic mass is 79.9. The van der Waals surface area contributed by atoms with Crippen molar-refractivity contribution < 1.29 is 4.39 Å². The van der Waals surface area contributed by atoms with Crippen LogP contribution in [-0.2, 0) is 0 Å². The Morgan fingerprint density at radius 2 is 1.72 bits per heavy atom. The molecule has 2 aromatic carbocycles. The third-order valence-electron chi connectivity index (χ3n) is 2.77. The van der Waals surface area contributed by atoms with Crippen LogP contribution in [0.3, 0.4) is 0 Å². The van der Waals surface area contributed by atoms with Gasteiger partial charge in [0, 0.05) is 5.02 Å². The maximum absolute atomic E-state index is 13.2. The molecule has 0 amide bonds. The van der Waals surface area contributed by atoms with Gasteiger partial charge in [0.2, 0.25) is 0 Å². The van der Waals surface area contributed by atoms with E-state index in [-0.39, 0.29) is 11.9 Å². The molecule has 0 saturated carbocycles. The van der Waals surface area contributed by atoms with E-state index in [0.717, 1.165) is 11.1 Å². The van der Waals surface area contributed by atoms with Gasteiger partial charge in [0.25, 0.3) is 0 Å². The molecule has 0 saturated heterocycles. The first-order chi connectivity index (χ1) is 8.61. The molecule has 1 N–H and O–H groups in total. The van der Waals surface area contributed by atoms with Gasteiger partial charge in [0.15, 0.2) is 0 Å². The van der Waals surface area contributed by atoms with Gasteiger partial charge in [-0.05, 0) is 58.4 Å². The van der Waals surface area contributed by atoms with Crippen molar-refractivity contribution >= 4 is 27.5 Å². The second-order valence-electron chi connectivity index (χ2n) is 3.95. The zero-order valence-corrected chi connectivity index (χ0v) is 12.1. The van der Waals surface area contributed by atoms with Crippen molar-refractivity contribution in [3.8, 4) is 0 Å². The number of halogens is 3. The topological polar surface area (TPSA) is 12.0 Å². The molecule has 0 radical (unpaired) electrons. The Bertz CT molecular complexity index is 542. The molecule has 0 heterocycles. The minimum atomic E-state index is -0.260. The van der Waals surface area contributed by atoms with Crippen molar-refractivity contribution in [3.05, 3.63) is 68.9 Å². The molecule has 0 aliphatic rings. The van der Waals surface area contributed by atoms with Gasteiger partial charge in [-0.25, -0.2) is 4.39 Å². The second kappa shape index (κ2) is 5.83. The lowest BCUT2D eigenvalue weighted by molar-refractivity contribution is 0.616. The van der Waals surface area contributed by atoms with Crippen molar-refractivity contribution in [1.82, 2.24) is 5.32 Å². The molecule has 18 heavy (non-hydrogen) atoms. The lowest BCUT2D eigenvalue weighted by Crippen LogP contribution is -2.17. The lowest BCUT2D eigenvalue weighted by atomic mass is 9.99. The molecule has 0 spiro atoms. The maximum atomic E-state index is 13.2. The van der Waals surface area contributed by atoms with E-state index in [9.17, 15) is 4.39 Å². The zero-order valence-electron chi connectivity index (χ0n) is 9.75. The first-order valence-electron chi connectivity index (χ1n) is 5.49. The van der Waals surface area contributed by atoms with E-state index in [1.807, 2.05) is 31.3 Å². The van der Waals surface area contributed by atoms with Gasteiger partial charge in [0.1, 0.15) is 5.82 Å². The quantitative estimate of drug-likeness (QED) is 0.871. The third-order valence-corrected chi connectivity index (χ3v) is 3.63. The average Bonchev–Trinajstić information content (AvgIpc) is 2.37. The zero-order chi connectivity index (χ0) is 13.1. The first kappa shape index (κ1) is 13.5. The summed E-state index contributed by atoms with van der Waals surface area (Å²) >= 11 is 9.08. The van der Waals surface area contributed by atoms with Crippen LogP contribution in [0.2, 0.25) is 5.02 Å². The number of hydrogen-bond acceptors (Lipinski definition) is 1. The van der Waals surface area contributed by atoms with Gasteiger partial charge in [-0.1, -0.05) is 29.8 Å². The minimum absolute atomic E-state index is 0.0131. The number of nitrogens with one attached hydrogen (secondary N) is 1. The van der Waals surface area contributed by atoms with Crippen LogP contribution in [0, 0.1) is 5.82 Å². The van der Waals surface area contributed by atoms with Crippen LogP contribution < -0.4 is 5.32 Å². The predicted molar refractivity (Wildman–Crippen MR) is 76.5 cm³/mol. The summed E-state index contributed by atoms with van der Waals surface area (Å²) in [5.41, 5.74) is 2.08. The normalized spacial score (nSPS) is 12.4. The summed E-state index contributed by atoms with van der Waals surface area (Å²) in [6.07, 6.45) is 0. The fourth-order valence-electron chi connectivity index (χ4n) is 1.87. The molecular weight excluding hydrogens is 317 g/mol. The number of hydrogen-bond donors (Lipinski definition) is 1. The highest BCUT2D eigenvalue weighted by Gasteiger charge is 2.13. The molecule has 4 heteroatoms. The first-order valence-corrected chi connectivity index (χ1v) is 6.66. The Morgan fingerprint density at radius 1 is 1.11 bits per heavy atom. The molecule has 1 atom stereocenters. The highest BCUT2D eigenvalue weighted by molar-refractivity contribution is 9.10. The van der Waals surface area contributed by atoms with Crippen molar-refractivity contribution in [2.45, 2.75) is 6.04 Å². The van der Waals surface area contributed by atoms with Crippen molar-refractivity contribution in [1.29, 1.82) is 0 Å². The average molecular weight is 329 g/mol. The van der Waals surface area contributed by atoms with E-state index in [0.29, 0.717) is 9.50 Å². The van der Waals surface area contributed by atoms with Crippen molar-refractivity contribution in [2.75, 3.05) is 7.05 Å². The van der Waals surface area contributed by atoms with Gasteiger partial charge in [-0.2, -0.15) is 0 Å². The molecular formula is C14H12BrClFN. The molecule has 0 aliphatic carbocycles. The van der Waals surface area contributed by atoms with E-state index in [1.54, 1.807) is 12.1 Å². The summed E-state index contributed by atoms with van der Waals surface area (Å²) < 4.78 is 13.7. The fourth-order valence-corrected chi connectivity index (χ4v) is 2.40. The molecule has 94 valence electrons. The Labute approximate surface area is 119 Å². The second-order valence-corrected chi connectivity index (χ2v) is 5.24. The molecule has 1 nitrogen and oxygen atoms in total. The van der Waals surface area contributed by atoms with Crippen LogP contribution in [0.4, 0.5) is 4.39 Å². The van der Waals surface area contributed by atoms with Crippen LogP contribution >= 0.6 is 27.5 Å². The summed E-state index contributed by atoms with van der Waals surface area (Å²) in [6.45, 7) is 0. The molecule has 2 aromatic rings. The minimum Gasteiger partial charge on any atom is -0.309 e. The van der Waals surface area contributed by atoms with Gasteiger partial charge < -0.3 is 5.32 Å². The predicted octanol–water partition coefficient (Wildman–Crippen LogP) is 4.55. The molecule has 1 unspecified atom stereocenters. The summed E-state index contributed by atoms with van der Waals surface area (Å²) in [6, 6.07) is 12.6. The van der Waals surface area contributed by atoms with Crippen LogP contribution in [0.25, 0.3) is 0 Å². The molecule has 0 aliphatic heterocycles. The smallest absolute Gasteiger partial charge is 0.137 e. The van der Waals surface area contributed by atoms with E-state index < -0.39 is 0 Å². The molecule has 0 fully saturated rings. The largest absolute Gasteiger partial charge is 0.309 e. The Kier molecular flexibility index (Phi) is 4.38. The summed E-state index contributed by atoms with van der Waals surface area (Å²) in [4.78, 5) is 0. The Balaban J connectivity index is 2.38. The maximum Gasteiger partial charge on any atom is 0.137 e. The van der Waals surface area contributed by atoms with E-state index in [2.05, 4.69) is 21.2 Å². The summed E-state index contributed by atoms with van der Waals surface area (Å²) in [5.74, 6) is -0.260. The Hall–Kier alpha value is -0.900. The molecule has 0 bridgehead atoms. The number of benzene rings is 2. The fraction of sp³-hybridized carbons (Fsp3) is 0.143. The summed E-state index contributed by atoms with van der Waals surface area (Å²) in [5, 5.41) is 3.92. The van der Waals surface area contributed by atoms with Crippen molar-refractivity contribution in [3.63, 3.8) is 0 Å². The number of rotatable bonds is 3. The van der Waals surface area contributed by atoms with Crippen LogP contribution in [0.5, 0.6) is 0 Å². The third kappa shape index (κ3) is 2.91. The Morgan fingerprint density at radius 3 is 2.28 bits per heavy atom. The lowest BCUT2D eigenvalue weighted by Gasteiger charge is -2.17. The van der Waals surface area contributed by atoms with E-state index in [4.69, 9.17) is 11.6 Å². The monoisotopic (exact) mass is 327 g/mol.